The Morgan fingerprint density at radius 3 is 2.56 bits per heavy atom. The third-order valence-corrected chi connectivity index (χ3v) is 3.75. The number of piperidine rings is 1. The quantitative estimate of drug-likeness (QED) is 0.763. The summed E-state index contributed by atoms with van der Waals surface area (Å²) in [5.74, 6) is -1.00. The van der Waals surface area contributed by atoms with Gasteiger partial charge in [-0.25, -0.2) is 4.79 Å². The molecule has 2 fully saturated rings. The second-order valence-electron chi connectivity index (χ2n) is 5.04. The first-order valence-corrected chi connectivity index (χ1v) is 6.65. The normalized spacial score (nSPS) is 25.1. The average Bonchev–Trinajstić information content (AvgIpc) is 2.86. The molecule has 0 aliphatic carbocycles. The summed E-state index contributed by atoms with van der Waals surface area (Å²) in [6, 6.07) is 0.206. The molecule has 2 N–H and O–H groups in total. The first kappa shape index (κ1) is 13.1. The SMILES string of the molecule is O=C(O)CNC(=O)N1CCC(N2CCCCC2)C1. The minimum Gasteiger partial charge on any atom is -0.480 e. The zero-order valence-electron chi connectivity index (χ0n) is 10.6. The molecule has 0 radical (unpaired) electrons. The zero-order chi connectivity index (χ0) is 13.0. The van der Waals surface area contributed by atoms with Gasteiger partial charge in [-0.3, -0.25) is 9.69 Å². The molecule has 0 spiro atoms. The lowest BCUT2D eigenvalue weighted by atomic mass is 10.1. The van der Waals surface area contributed by atoms with Crippen LogP contribution in [-0.4, -0.2) is 65.7 Å². The molecule has 102 valence electrons. The van der Waals surface area contributed by atoms with Gasteiger partial charge in [0.15, 0.2) is 0 Å². The molecule has 0 bridgehead atoms. The Bertz CT molecular complexity index is 316. The van der Waals surface area contributed by atoms with E-state index in [0.29, 0.717) is 6.04 Å². The molecule has 6 heteroatoms. The summed E-state index contributed by atoms with van der Waals surface area (Å²) in [4.78, 5) is 26.3. The number of urea groups is 1. The highest BCUT2D eigenvalue weighted by Crippen LogP contribution is 2.19. The van der Waals surface area contributed by atoms with Crippen molar-refractivity contribution in [2.45, 2.75) is 31.7 Å². The van der Waals surface area contributed by atoms with E-state index in [9.17, 15) is 9.59 Å². The van der Waals surface area contributed by atoms with Gasteiger partial charge in [-0.2, -0.15) is 0 Å². The Labute approximate surface area is 107 Å². The van der Waals surface area contributed by atoms with E-state index >= 15 is 0 Å². The molecule has 1 atom stereocenters. The van der Waals surface area contributed by atoms with E-state index in [0.717, 1.165) is 32.6 Å². The van der Waals surface area contributed by atoms with Crippen LogP contribution in [0, 0.1) is 0 Å². The fourth-order valence-corrected chi connectivity index (χ4v) is 2.77. The lowest BCUT2D eigenvalue weighted by Crippen LogP contribution is -2.44. The molecule has 18 heavy (non-hydrogen) atoms. The number of aliphatic carboxylic acids is 1. The third kappa shape index (κ3) is 3.35. The summed E-state index contributed by atoms with van der Waals surface area (Å²) < 4.78 is 0. The Balaban J connectivity index is 1.76. The van der Waals surface area contributed by atoms with Gasteiger partial charge in [0, 0.05) is 19.1 Å². The van der Waals surface area contributed by atoms with Crippen LogP contribution in [0.15, 0.2) is 0 Å². The van der Waals surface area contributed by atoms with E-state index < -0.39 is 5.97 Å². The molecule has 2 amide bonds. The van der Waals surface area contributed by atoms with Crippen LogP contribution in [0.3, 0.4) is 0 Å². The van der Waals surface area contributed by atoms with E-state index in [1.54, 1.807) is 4.90 Å². The number of carbonyl (C=O) groups is 2. The third-order valence-electron chi connectivity index (χ3n) is 3.75. The summed E-state index contributed by atoms with van der Waals surface area (Å²) in [7, 11) is 0. The number of hydrogen-bond acceptors (Lipinski definition) is 3. The predicted molar refractivity (Wildman–Crippen MR) is 66.4 cm³/mol. The second-order valence-corrected chi connectivity index (χ2v) is 5.04. The van der Waals surface area contributed by atoms with E-state index in [1.807, 2.05) is 0 Å². The molecule has 2 saturated heterocycles. The van der Waals surface area contributed by atoms with Crippen molar-refractivity contribution in [3.8, 4) is 0 Å². The van der Waals surface area contributed by atoms with Crippen LogP contribution in [-0.2, 0) is 4.79 Å². The van der Waals surface area contributed by atoms with E-state index in [-0.39, 0.29) is 12.6 Å². The number of nitrogens with zero attached hydrogens (tertiary/aromatic N) is 2. The highest BCUT2D eigenvalue weighted by molar-refractivity contribution is 5.80. The van der Waals surface area contributed by atoms with Crippen LogP contribution < -0.4 is 5.32 Å². The molecule has 2 aliphatic heterocycles. The largest absolute Gasteiger partial charge is 0.480 e. The van der Waals surface area contributed by atoms with Crippen molar-refractivity contribution in [3.63, 3.8) is 0 Å². The Morgan fingerprint density at radius 1 is 1.17 bits per heavy atom. The van der Waals surface area contributed by atoms with Crippen LogP contribution in [0.5, 0.6) is 0 Å². The lowest BCUT2D eigenvalue weighted by molar-refractivity contribution is -0.135. The number of nitrogens with one attached hydrogen (secondary N) is 1. The number of carboxylic acids is 1. The molecule has 0 aromatic heterocycles. The minimum absolute atomic E-state index is 0.253. The van der Waals surface area contributed by atoms with Crippen molar-refractivity contribution in [2.75, 3.05) is 32.7 Å². The molecule has 2 aliphatic rings. The van der Waals surface area contributed by atoms with Gasteiger partial charge < -0.3 is 15.3 Å². The summed E-state index contributed by atoms with van der Waals surface area (Å²) in [6.07, 6.45) is 4.82. The minimum atomic E-state index is -1.00. The Hall–Kier alpha value is -1.30. The topological polar surface area (TPSA) is 72.9 Å². The van der Waals surface area contributed by atoms with Gasteiger partial charge in [-0.15, -0.1) is 0 Å². The van der Waals surface area contributed by atoms with Gasteiger partial charge >= 0.3 is 12.0 Å². The van der Waals surface area contributed by atoms with Gasteiger partial charge in [-0.1, -0.05) is 6.42 Å². The number of amides is 2. The van der Waals surface area contributed by atoms with Crippen molar-refractivity contribution < 1.29 is 14.7 Å². The van der Waals surface area contributed by atoms with Gasteiger partial charge in [0.05, 0.1) is 0 Å². The first-order chi connectivity index (χ1) is 8.66. The Kier molecular flexibility index (Phi) is 4.41. The van der Waals surface area contributed by atoms with E-state index in [1.165, 1.54) is 19.3 Å². The van der Waals surface area contributed by atoms with Gasteiger partial charge in [0.1, 0.15) is 6.54 Å². The molecule has 0 aromatic rings. The van der Waals surface area contributed by atoms with Crippen LogP contribution >= 0.6 is 0 Å². The predicted octanol–water partition coefficient (Wildman–Crippen LogP) is 0.341. The molecule has 0 aromatic carbocycles. The number of carboxylic acid groups (broad SMARTS) is 1. The van der Waals surface area contributed by atoms with Crippen molar-refractivity contribution in [1.29, 1.82) is 0 Å². The van der Waals surface area contributed by atoms with Crippen LogP contribution in [0.4, 0.5) is 4.79 Å². The maximum Gasteiger partial charge on any atom is 0.323 e. The standard InChI is InChI=1S/C12H21N3O3/c16-11(17)8-13-12(18)15-7-4-10(9-15)14-5-2-1-3-6-14/h10H,1-9H2,(H,13,18)(H,16,17). The maximum atomic E-state index is 11.7. The smallest absolute Gasteiger partial charge is 0.323 e. The number of carbonyl (C=O) groups excluding carboxylic acids is 1. The average molecular weight is 255 g/mol. The van der Waals surface area contributed by atoms with Crippen molar-refractivity contribution in [2.24, 2.45) is 0 Å². The Morgan fingerprint density at radius 2 is 1.89 bits per heavy atom. The summed E-state index contributed by atoms with van der Waals surface area (Å²) in [5.41, 5.74) is 0. The molecule has 2 heterocycles. The molecule has 6 nitrogen and oxygen atoms in total. The molecular weight excluding hydrogens is 234 g/mol. The molecule has 0 saturated carbocycles. The molecule has 2 rings (SSSR count). The summed E-state index contributed by atoms with van der Waals surface area (Å²) in [5, 5.41) is 10.9. The highest BCUT2D eigenvalue weighted by Gasteiger charge is 2.30. The number of hydrogen-bond donors (Lipinski definition) is 2. The van der Waals surface area contributed by atoms with Crippen LogP contribution in [0.1, 0.15) is 25.7 Å². The first-order valence-electron chi connectivity index (χ1n) is 6.65. The number of likely N-dealkylation sites (tertiary alicyclic amines) is 2. The monoisotopic (exact) mass is 255 g/mol. The van der Waals surface area contributed by atoms with Crippen molar-refractivity contribution in [3.05, 3.63) is 0 Å². The molecule has 1 unspecified atom stereocenters. The van der Waals surface area contributed by atoms with Crippen LogP contribution in [0.2, 0.25) is 0 Å². The van der Waals surface area contributed by atoms with E-state index in [4.69, 9.17) is 5.11 Å². The zero-order valence-corrected chi connectivity index (χ0v) is 10.6. The summed E-state index contributed by atoms with van der Waals surface area (Å²) >= 11 is 0. The lowest BCUT2D eigenvalue weighted by Gasteiger charge is -2.32. The fraction of sp³-hybridized carbons (Fsp3) is 0.833. The second kappa shape index (κ2) is 6.04. The van der Waals surface area contributed by atoms with Crippen LogP contribution in [0.25, 0.3) is 0 Å². The highest BCUT2D eigenvalue weighted by atomic mass is 16.4. The van der Waals surface area contributed by atoms with Gasteiger partial charge in [-0.05, 0) is 32.4 Å². The fourth-order valence-electron chi connectivity index (χ4n) is 2.77. The van der Waals surface area contributed by atoms with Crippen molar-refractivity contribution in [1.82, 2.24) is 15.1 Å². The number of rotatable bonds is 3. The van der Waals surface area contributed by atoms with Crippen molar-refractivity contribution >= 4 is 12.0 Å². The maximum absolute atomic E-state index is 11.7. The van der Waals surface area contributed by atoms with Gasteiger partial charge in [0.2, 0.25) is 0 Å². The molecular formula is C12H21N3O3. The van der Waals surface area contributed by atoms with Gasteiger partial charge in [0.25, 0.3) is 0 Å². The van der Waals surface area contributed by atoms with E-state index in [2.05, 4.69) is 10.2 Å². The summed E-state index contributed by atoms with van der Waals surface area (Å²) in [6.45, 7) is 3.42.